The van der Waals surface area contributed by atoms with Gasteiger partial charge in [0.1, 0.15) is 5.75 Å². The van der Waals surface area contributed by atoms with E-state index >= 15 is 0 Å². The number of hydrogen-bond acceptors (Lipinski definition) is 5. The normalized spacial score (nSPS) is 11.2. The van der Waals surface area contributed by atoms with Crippen molar-refractivity contribution in [2.24, 2.45) is 0 Å². The summed E-state index contributed by atoms with van der Waals surface area (Å²) in [6.45, 7) is 0.829. The first-order chi connectivity index (χ1) is 12.5. The van der Waals surface area contributed by atoms with Crippen molar-refractivity contribution in [3.8, 4) is 5.75 Å². The van der Waals surface area contributed by atoms with Gasteiger partial charge >= 0.3 is 0 Å². The van der Waals surface area contributed by atoms with Crippen molar-refractivity contribution in [2.75, 3.05) is 27.4 Å². The summed E-state index contributed by atoms with van der Waals surface area (Å²) in [7, 11) is -0.526. The number of ether oxygens (including phenoxy) is 2. The molecule has 2 N–H and O–H groups in total. The van der Waals surface area contributed by atoms with Gasteiger partial charge in [0.25, 0.3) is 5.91 Å². The third-order valence-electron chi connectivity index (χ3n) is 3.64. The van der Waals surface area contributed by atoms with Gasteiger partial charge in [-0.25, -0.2) is 13.1 Å². The monoisotopic (exact) mass is 378 g/mol. The fraction of sp³-hybridized carbons (Fsp3) is 0.278. The van der Waals surface area contributed by atoms with Gasteiger partial charge < -0.3 is 14.8 Å². The number of nitrogens with one attached hydrogen (secondary N) is 2. The summed E-state index contributed by atoms with van der Waals surface area (Å²) in [5.74, 6) is 0.466. The van der Waals surface area contributed by atoms with Crippen molar-refractivity contribution in [2.45, 2.75) is 11.4 Å². The van der Waals surface area contributed by atoms with E-state index in [1.807, 2.05) is 24.3 Å². The molecule has 2 aromatic rings. The lowest BCUT2D eigenvalue weighted by molar-refractivity contribution is 0.0951. The zero-order chi connectivity index (χ0) is 19.0. The number of carbonyl (C=O) groups excluding carboxylic acids is 1. The molecule has 0 atom stereocenters. The Labute approximate surface area is 153 Å². The van der Waals surface area contributed by atoms with Gasteiger partial charge in [-0.05, 0) is 42.0 Å². The lowest BCUT2D eigenvalue weighted by atomic mass is 10.2. The highest BCUT2D eigenvalue weighted by Crippen LogP contribution is 2.12. The second kappa shape index (κ2) is 9.33. The second-order valence-corrected chi connectivity index (χ2v) is 7.21. The van der Waals surface area contributed by atoms with E-state index in [0.717, 1.165) is 11.3 Å². The van der Waals surface area contributed by atoms with Gasteiger partial charge in [0.2, 0.25) is 10.0 Å². The Morgan fingerprint density at radius 3 is 2.23 bits per heavy atom. The minimum absolute atomic E-state index is 0.0975. The summed E-state index contributed by atoms with van der Waals surface area (Å²) >= 11 is 0. The summed E-state index contributed by atoms with van der Waals surface area (Å²) in [5, 5.41) is 2.79. The smallest absolute Gasteiger partial charge is 0.251 e. The van der Waals surface area contributed by atoms with Crippen molar-refractivity contribution in [1.82, 2.24) is 10.0 Å². The van der Waals surface area contributed by atoms with E-state index in [9.17, 15) is 13.2 Å². The Morgan fingerprint density at radius 2 is 1.65 bits per heavy atom. The Morgan fingerprint density at radius 1 is 1.00 bits per heavy atom. The Kier molecular flexibility index (Phi) is 7.14. The number of amides is 1. The standard InChI is InChI=1S/C18H22N2O5S/c1-24-12-11-20-26(22,23)17-9-5-15(6-10-17)18(21)19-13-14-3-7-16(25-2)8-4-14/h3-10,20H,11-13H2,1-2H3,(H,19,21). The van der Waals surface area contributed by atoms with E-state index in [2.05, 4.69) is 10.0 Å². The topological polar surface area (TPSA) is 93.7 Å². The zero-order valence-electron chi connectivity index (χ0n) is 14.7. The predicted molar refractivity (Wildman–Crippen MR) is 97.7 cm³/mol. The van der Waals surface area contributed by atoms with Crippen molar-refractivity contribution in [3.05, 3.63) is 59.7 Å². The molecule has 0 spiro atoms. The van der Waals surface area contributed by atoms with Crippen molar-refractivity contribution in [3.63, 3.8) is 0 Å². The molecule has 2 aromatic carbocycles. The maximum atomic E-state index is 12.2. The maximum Gasteiger partial charge on any atom is 0.251 e. The van der Waals surface area contributed by atoms with Crippen molar-refractivity contribution in [1.29, 1.82) is 0 Å². The molecule has 8 heteroatoms. The number of sulfonamides is 1. The molecule has 7 nitrogen and oxygen atoms in total. The quantitative estimate of drug-likeness (QED) is 0.646. The van der Waals surface area contributed by atoms with E-state index < -0.39 is 10.0 Å². The molecule has 0 aliphatic carbocycles. The lowest BCUT2D eigenvalue weighted by Gasteiger charge is -2.08. The minimum atomic E-state index is -3.61. The van der Waals surface area contributed by atoms with Crippen LogP contribution in [0.15, 0.2) is 53.4 Å². The first-order valence-corrected chi connectivity index (χ1v) is 9.44. The van der Waals surface area contributed by atoms with Crippen LogP contribution >= 0.6 is 0 Å². The summed E-state index contributed by atoms with van der Waals surface area (Å²) in [4.78, 5) is 12.3. The maximum absolute atomic E-state index is 12.2. The molecular weight excluding hydrogens is 356 g/mol. The molecule has 140 valence electrons. The molecule has 0 saturated carbocycles. The van der Waals surface area contributed by atoms with E-state index in [4.69, 9.17) is 9.47 Å². The van der Waals surface area contributed by atoms with Crippen LogP contribution < -0.4 is 14.8 Å². The molecule has 0 aliphatic heterocycles. The Hall–Kier alpha value is -2.42. The fourth-order valence-corrected chi connectivity index (χ4v) is 3.19. The molecule has 0 bridgehead atoms. The molecule has 0 radical (unpaired) electrons. The minimum Gasteiger partial charge on any atom is -0.497 e. The van der Waals surface area contributed by atoms with Gasteiger partial charge in [0.15, 0.2) is 0 Å². The van der Waals surface area contributed by atoms with Crippen LogP contribution in [0.1, 0.15) is 15.9 Å². The summed E-state index contributed by atoms with van der Waals surface area (Å²) in [6.07, 6.45) is 0. The molecule has 2 rings (SSSR count). The molecule has 26 heavy (non-hydrogen) atoms. The highest BCUT2D eigenvalue weighted by molar-refractivity contribution is 7.89. The van der Waals surface area contributed by atoms with Crippen LogP contribution in [0.25, 0.3) is 0 Å². The number of rotatable bonds is 9. The predicted octanol–water partition coefficient (Wildman–Crippen LogP) is 1.55. The Balaban J connectivity index is 1.95. The first kappa shape index (κ1) is 19.9. The molecular formula is C18H22N2O5S. The Bertz CT molecular complexity index is 818. The van der Waals surface area contributed by atoms with Crippen LogP contribution in [-0.2, 0) is 21.3 Å². The van der Waals surface area contributed by atoms with E-state index in [1.54, 1.807) is 7.11 Å². The molecule has 0 aliphatic rings. The lowest BCUT2D eigenvalue weighted by Crippen LogP contribution is -2.27. The van der Waals surface area contributed by atoms with Gasteiger partial charge in [0, 0.05) is 25.8 Å². The first-order valence-electron chi connectivity index (χ1n) is 7.96. The molecule has 0 heterocycles. The van der Waals surface area contributed by atoms with E-state index in [1.165, 1.54) is 31.4 Å². The van der Waals surface area contributed by atoms with E-state index in [-0.39, 0.29) is 24.0 Å². The molecule has 0 saturated heterocycles. The van der Waals surface area contributed by atoms with Crippen LogP contribution in [0.3, 0.4) is 0 Å². The molecule has 0 unspecified atom stereocenters. The average Bonchev–Trinajstić information content (AvgIpc) is 2.66. The van der Waals surface area contributed by atoms with Gasteiger partial charge in [0.05, 0.1) is 18.6 Å². The van der Waals surface area contributed by atoms with Crippen molar-refractivity contribution < 1.29 is 22.7 Å². The SMILES string of the molecule is COCCNS(=O)(=O)c1ccc(C(=O)NCc2ccc(OC)cc2)cc1. The largest absolute Gasteiger partial charge is 0.497 e. The third-order valence-corrected chi connectivity index (χ3v) is 5.11. The number of benzene rings is 2. The molecule has 1 amide bonds. The van der Waals surface area contributed by atoms with Crippen LogP contribution in [-0.4, -0.2) is 41.7 Å². The summed E-state index contributed by atoms with van der Waals surface area (Å²) in [5.41, 5.74) is 1.31. The van der Waals surface area contributed by atoms with Gasteiger partial charge in [-0.3, -0.25) is 4.79 Å². The highest BCUT2D eigenvalue weighted by Gasteiger charge is 2.14. The van der Waals surface area contributed by atoms with Gasteiger partial charge in [-0.1, -0.05) is 12.1 Å². The number of methoxy groups -OCH3 is 2. The van der Waals surface area contributed by atoms with Crippen LogP contribution in [0.5, 0.6) is 5.75 Å². The molecule has 0 fully saturated rings. The van der Waals surface area contributed by atoms with E-state index in [0.29, 0.717) is 12.1 Å². The average molecular weight is 378 g/mol. The zero-order valence-corrected chi connectivity index (χ0v) is 15.5. The second-order valence-electron chi connectivity index (χ2n) is 5.45. The number of hydrogen-bond donors (Lipinski definition) is 2. The van der Waals surface area contributed by atoms with Crippen LogP contribution in [0, 0.1) is 0 Å². The number of carbonyl (C=O) groups is 1. The summed E-state index contributed by atoms with van der Waals surface area (Å²) in [6, 6.07) is 13.1. The van der Waals surface area contributed by atoms with Crippen LogP contribution in [0.2, 0.25) is 0 Å². The van der Waals surface area contributed by atoms with Gasteiger partial charge in [-0.2, -0.15) is 0 Å². The van der Waals surface area contributed by atoms with Crippen molar-refractivity contribution >= 4 is 15.9 Å². The van der Waals surface area contributed by atoms with Gasteiger partial charge in [-0.15, -0.1) is 0 Å². The fourth-order valence-electron chi connectivity index (χ4n) is 2.17. The van der Waals surface area contributed by atoms with Crippen LogP contribution in [0.4, 0.5) is 0 Å². The summed E-state index contributed by atoms with van der Waals surface area (Å²) < 4.78 is 36.5. The highest BCUT2D eigenvalue weighted by atomic mass is 32.2. The third kappa shape index (κ3) is 5.55. The molecule has 0 aromatic heterocycles.